The van der Waals surface area contributed by atoms with Crippen LogP contribution in [0.2, 0.25) is 0 Å². The number of rotatable bonds is 6. The lowest BCUT2D eigenvalue weighted by molar-refractivity contribution is 0.601. The standard InChI is InChI=1S/C13H16N2O2S3/c1-9-13(6-12(19-9)7-14-10-2-3-10)20(16,17)15-11-4-5-18-8-11/h4-6,8,10,14-15H,2-3,7H2,1H3. The predicted octanol–water partition coefficient (Wildman–Crippen LogP) is 3.17. The molecule has 1 aliphatic rings. The molecule has 7 heteroatoms. The fourth-order valence-electron chi connectivity index (χ4n) is 1.94. The molecule has 3 rings (SSSR count). The number of sulfonamides is 1. The minimum Gasteiger partial charge on any atom is -0.309 e. The van der Waals surface area contributed by atoms with Crippen molar-refractivity contribution < 1.29 is 8.42 Å². The summed E-state index contributed by atoms with van der Waals surface area (Å²) >= 11 is 3.01. The zero-order valence-corrected chi connectivity index (χ0v) is 13.5. The van der Waals surface area contributed by atoms with Crippen molar-refractivity contribution in [3.8, 4) is 0 Å². The first-order valence-electron chi connectivity index (χ1n) is 6.42. The lowest BCUT2D eigenvalue weighted by atomic mass is 10.4. The van der Waals surface area contributed by atoms with Gasteiger partial charge in [-0.1, -0.05) is 0 Å². The van der Waals surface area contributed by atoms with Crippen LogP contribution >= 0.6 is 22.7 Å². The molecule has 0 atom stereocenters. The lowest BCUT2D eigenvalue weighted by Crippen LogP contribution is -2.14. The van der Waals surface area contributed by atoms with E-state index in [0.717, 1.165) is 16.3 Å². The second-order valence-electron chi connectivity index (χ2n) is 4.91. The Morgan fingerprint density at radius 2 is 2.20 bits per heavy atom. The Labute approximate surface area is 126 Å². The van der Waals surface area contributed by atoms with Gasteiger partial charge in [-0.2, -0.15) is 11.3 Å². The van der Waals surface area contributed by atoms with Crippen LogP contribution in [0.3, 0.4) is 0 Å². The van der Waals surface area contributed by atoms with Crippen molar-refractivity contribution in [1.29, 1.82) is 0 Å². The highest BCUT2D eigenvalue weighted by atomic mass is 32.2. The van der Waals surface area contributed by atoms with E-state index in [1.54, 1.807) is 28.8 Å². The quantitative estimate of drug-likeness (QED) is 0.856. The number of anilines is 1. The number of nitrogens with one attached hydrogen (secondary N) is 2. The Kier molecular flexibility index (Phi) is 3.85. The van der Waals surface area contributed by atoms with Gasteiger partial charge in [0.1, 0.15) is 4.90 Å². The Balaban J connectivity index is 1.77. The van der Waals surface area contributed by atoms with E-state index < -0.39 is 10.0 Å². The third-order valence-corrected chi connectivity index (χ3v) is 6.50. The maximum Gasteiger partial charge on any atom is 0.263 e. The minimum atomic E-state index is -3.48. The van der Waals surface area contributed by atoms with E-state index in [2.05, 4.69) is 10.0 Å². The second kappa shape index (κ2) is 5.48. The van der Waals surface area contributed by atoms with Crippen LogP contribution in [0.5, 0.6) is 0 Å². The first-order valence-corrected chi connectivity index (χ1v) is 9.66. The van der Waals surface area contributed by atoms with Gasteiger partial charge < -0.3 is 5.32 Å². The molecule has 0 spiro atoms. The van der Waals surface area contributed by atoms with Gasteiger partial charge in [-0.25, -0.2) is 8.42 Å². The Hall–Kier alpha value is -0.890. The van der Waals surface area contributed by atoms with Crippen LogP contribution in [-0.4, -0.2) is 14.5 Å². The molecule has 2 heterocycles. The molecule has 0 unspecified atom stereocenters. The molecule has 20 heavy (non-hydrogen) atoms. The molecule has 2 aromatic heterocycles. The molecular formula is C13H16N2O2S3. The van der Waals surface area contributed by atoms with Gasteiger partial charge in [0.25, 0.3) is 10.0 Å². The van der Waals surface area contributed by atoms with Gasteiger partial charge >= 0.3 is 0 Å². The highest BCUT2D eigenvalue weighted by molar-refractivity contribution is 7.93. The molecule has 2 aromatic rings. The Bertz CT molecular complexity index is 685. The average molecular weight is 328 g/mol. The topological polar surface area (TPSA) is 58.2 Å². The zero-order chi connectivity index (χ0) is 14.2. The van der Waals surface area contributed by atoms with E-state index in [-0.39, 0.29) is 0 Å². The molecule has 1 saturated carbocycles. The number of hydrogen-bond donors (Lipinski definition) is 2. The molecule has 2 N–H and O–H groups in total. The summed E-state index contributed by atoms with van der Waals surface area (Å²) in [6.45, 7) is 2.61. The van der Waals surface area contributed by atoms with Crippen molar-refractivity contribution in [1.82, 2.24) is 5.32 Å². The summed E-state index contributed by atoms with van der Waals surface area (Å²) in [5.41, 5.74) is 0.623. The Morgan fingerprint density at radius 3 is 2.85 bits per heavy atom. The second-order valence-corrected chi connectivity index (χ2v) is 8.68. The van der Waals surface area contributed by atoms with Crippen molar-refractivity contribution >= 4 is 38.4 Å². The van der Waals surface area contributed by atoms with Crippen LogP contribution in [0.4, 0.5) is 5.69 Å². The van der Waals surface area contributed by atoms with Crippen LogP contribution in [0.15, 0.2) is 27.8 Å². The van der Waals surface area contributed by atoms with E-state index in [4.69, 9.17) is 0 Å². The van der Waals surface area contributed by atoms with Crippen LogP contribution in [-0.2, 0) is 16.6 Å². The highest BCUT2D eigenvalue weighted by Gasteiger charge is 2.23. The fourth-order valence-corrected chi connectivity index (χ4v) is 5.24. The summed E-state index contributed by atoms with van der Waals surface area (Å²) in [7, 11) is -3.48. The fraction of sp³-hybridized carbons (Fsp3) is 0.385. The molecule has 1 fully saturated rings. The van der Waals surface area contributed by atoms with Gasteiger partial charge in [0.2, 0.25) is 0 Å². The summed E-state index contributed by atoms with van der Waals surface area (Å²) < 4.78 is 27.3. The van der Waals surface area contributed by atoms with Crippen LogP contribution < -0.4 is 10.0 Å². The van der Waals surface area contributed by atoms with Gasteiger partial charge in [0.05, 0.1) is 5.69 Å². The van der Waals surface area contributed by atoms with Gasteiger partial charge in [0, 0.05) is 27.7 Å². The molecule has 0 bridgehead atoms. The third kappa shape index (κ3) is 3.22. The van der Waals surface area contributed by atoms with E-state index in [9.17, 15) is 8.42 Å². The Morgan fingerprint density at radius 1 is 1.40 bits per heavy atom. The largest absolute Gasteiger partial charge is 0.309 e. The van der Waals surface area contributed by atoms with Gasteiger partial charge in [-0.05, 0) is 37.3 Å². The van der Waals surface area contributed by atoms with E-state index in [1.165, 1.54) is 24.2 Å². The van der Waals surface area contributed by atoms with Crippen molar-refractivity contribution in [2.45, 2.75) is 37.2 Å². The lowest BCUT2D eigenvalue weighted by Gasteiger charge is -2.05. The first kappa shape index (κ1) is 14.1. The maximum absolute atomic E-state index is 12.4. The molecule has 1 aliphatic carbocycles. The molecular weight excluding hydrogens is 312 g/mol. The molecule has 0 saturated heterocycles. The average Bonchev–Trinajstić information content (AvgIpc) is 2.93. The molecule has 4 nitrogen and oxygen atoms in total. The van der Waals surface area contributed by atoms with Gasteiger partial charge in [-0.3, -0.25) is 4.72 Å². The third-order valence-electron chi connectivity index (χ3n) is 3.13. The summed E-state index contributed by atoms with van der Waals surface area (Å²) in [6.07, 6.45) is 2.46. The summed E-state index contributed by atoms with van der Waals surface area (Å²) in [4.78, 5) is 2.29. The monoisotopic (exact) mass is 328 g/mol. The SMILES string of the molecule is Cc1sc(CNC2CC2)cc1S(=O)(=O)Nc1ccsc1. The van der Waals surface area contributed by atoms with Crippen molar-refractivity contribution in [3.63, 3.8) is 0 Å². The predicted molar refractivity (Wildman–Crippen MR) is 84.0 cm³/mol. The molecule has 0 amide bonds. The normalized spacial score (nSPS) is 15.4. The smallest absolute Gasteiger partial charge is 0.263 e. The number of aryl methyl sites for hydroxylation is 1. The van der Waals surface area contributed by atoms with Crippen LogP contribution in [0, 0.1) is 6.92 Å². The maximum atomic E-state index is 12.4. The van der Waals surface area contributed by atoms with Gasteiger partial charge in [0.15, 0.2) is 0 Å². The number of thiophene rings is 2. The molecule has 0 aliphatic heterocycles. The number of hydrogen-bond acceptors (Lipinski definition) is 5. The van der Waals surface area contributed by atoms with Crippen molar-refractivity contribution in [3.05, 3.63) is 32.6 Å². The molecule has 0 radical (unpaired) electrons. The van der Waals surface area contributed by atoms with E-state index in [1.807, 2.05) is 12.3 Å². The first-order chi connectivity index (χ1) is 9.54. The summed E-state index contributed by atoms with van der Waals surface area (Å²) in [6, 6.07) is 4.17. The molecule has 0 aromatic carbocycles. The van der Waals surface area contributed by atoms with Crippen molar-refractivity contribution in [2.75, 3.05) is 4.72 Å². The van der Waals surface area contributed by atoms with Crippen LogP contribution in [0.25, 0.3) is 0 Å². The van der Waals surface area contributed by atoms with Gasteiger partial charge in [-0.15, -0.1) is 11.3 Å². The van der Waals surface area contributed by atoms with E-state index >= 15 is 0 Å². The summed E-state index contributed by atoms with van der Waals surface area (Å²) in [5, 5.41) is 7.04. The minimum absolute atomic E-state index is 0.390. The van der Waals surface area contributed by atoms with Crippen LogP contribution in [0.1, 0.15) is 22.6 Å². The summed E-state index contributed by atoms with van der Waals surface area (Å²) in [5.74, 6) is 0. The zero-order valence-electron chi connectivity index (χ0n) is 11.0. The molecule has 108 valence electrons. The highest BCUT2D eigenvalue weighted by Crippen LogP contribution is 2.29. The van der Waals surface area contributed by atoms with Crippen molar-refractivity contribution in [2.24, 2.45) is 0 Å². The van der Waals surface area contributed by atoms with E-state index in [0.29, 0.717) is 16.6 Å².